The number of benzene rings is 8. The Morgan fingerprint density at radius 1 is 0.286 bits per heavy atom. The Balaban J connectivity index is 1.16. The molecule has 4 nitrogen and oxygen atoms in total. The molecule has 0 radical (unpaired) electrons. The van der Waals surface area contributed by atoms with Crippen LogP contribution < -0.4 is 4.74 Å². The molecule has 0 amide bonds. The van der Waals surface area contributed by atoms with E-state index in [4.69, 9.17) is 19.7 Å². The zero-order valence-electron chi connectivity index (χ0n) is 30.3. The summed E-state index contributed by atoms with van der Waals surface area (Å²) in [5.41, 5.74) is 13.9. The second kappa shape index (κ2) is 12.9. The van der Waals surface area contributed by atoms with Gasteiger partial charge in [-0.2, -0.15) is 0 Å². The smallest absolute Gasteiger partial charge is 0.164 e. The zero-order chi connectivity index (χ0) is 37.1. The SMILES string of the molecule is c1ccc(-c2cc(-c3ccc4c(c3)C3(c5ccccc5Oc5ccccc53)c3ccccc3-4)cc(-c3nc(-c4ccccc4)nc(-c4ccccc4)n3)c2)cc1. The van der Waals surface area contributed by atoms with Crippen molar-refractivity contribution in [1.82, 2.24) is 15.0 Å². The maximum Gasteiger partial charge on any atom is 0.164 e. The number of hydrogen-bond acceptors (Lipinski definition) is 4. The van der Waals surface area contributed by atoms with Gasteiger partial charge < -0.3 is 4.74 Å². The minimum absolute atomic E-state index is 0.559. The normalized spacial score (nSPS) is 12.9. The quantitative estimate of drug-likeness (QED) is 0.178. The fraction of sp³-hybridized carbons (Fsp3) is 0.0192. The third-order valence-corrected chi connectivity index (χ3v) is 11.2. The topological polar surface area (TPSA) is 47.9 Å². The summed E-state index contributed by atoms with van der Waals surface area (Å²) < 4.78 is 6.60. The molecule has 2 aliphatic rings. The highest BCUT2D eigenvalue weighted by molar-refractivity contribution is 5.91. The predicted octanol–water partition coefficient (Wildman–Crippen LogP) is 12.7. The van der Waals surface area contributed by atoms with Crippen molar-refractivity contribution in [3.63, 3.8) is 0 Å². The highest BCUT2D eigenvalue weighted by atomic mass is 16.5. The molecule has 0 fully saturated rings. The van der Waals surface area contributed by atoms with E-state index in [9.17, 15) is 0 Å². The van der Waals surface area contributed by atoms with E-state index in [2.05, 4.69) is 140 Å². The fourth-order valence-corrected chi connectivity index (χ4v) is 8.69. The molecule has 1 aromatic heterocycles. The van der Waals surface area contributed by atoms with Crippen LogP contribution in [0.2, 0.25) is 0 Å². The maximum atomic E-state index is 6.60. The van der Waals surface area contributed by atoms with Crippen LogP contribution in [0.1, 0.15) is 22.3 Å². The van der Waals surface area contributed by atoms with Gasteiger partial charge in [0.05, 0.1) is 5.41 Å². The van der Waals surface area contributed by atoms with E-state index in [0.29, 0.717) is 17.5 Å². The number of fused-ring (bicyclic) bond motifs is 9. The summed E-state index contributed by atoms with van der Waals surface area (Å²) in [7, 11) is 0. The first-order chi connectivity index (χ1) is 27.7. The van der Waals surface area contributed by atoms with Gasteiger partial charge in [0.1, 0.15) is 11.5 Å². The molecule has 0 atom stereocenters. The average Bonchev–Trinajstić information content (AvgIpc) is 3.57. The molecule has 8 aromatic carbocycles. The minimum Gasteiger partial charge on any atom is -0.457 e. The molecule has 9 aromatic rings. The van der Waals surface area contributed by atoms with Crippen molar-refractivity contribution >= 4 is 0 Å². The van der Waals surface area contributed by atoms with Crippen molar-refractivity contribution in [3.8, 4) is 79.0 Å². The van der Waals surface area contributed by atoms with Gasteiger partial charge in [0.15, 0.2) is 17.5 Å². The van der Waals surface area contributed by atoms with Gasteiger partial charge >= 0.3 is 0 Å². The van der Waals surface area contributed by atoms with Gasteiger partial charge in [0.2, 0.25) is 0 Å². The van der Waals surface area contributed by atoms with Crippen LogP contribution in [0.15, 0.2) is 200 Å². The summed E-state index contributed by atoms with van der Waals surface area (Å²) in [6.07, 6.45) is 0. The predicted molar refractivity (Wildman–Crippen MR) is 224 cm³/mol. The van der Waals surface area contributed by atoms with E-state index in [1.165, 1.54) is 22.3 Å². The number of aromatic nitrogens is 3. The lowest BCUT2D eigenvalue weighted by Crippen LogP contribution is -2.32. The molecule has 0 bridgehead atoms. The largest absolute Gasteiger partial charge is 0.457 e. The Morgan fingerprint density at radius 3 is 1.30 bits per heavy atom. The fourth-order valence-electron chi connectivity index (χ4n) is 8.69. The van der Waals surface area contributed by atoms with Gasteiger partial charge in [0.25, 0.3) is 0 Å². The number of hydrogen-bond donors (Lipinski definition) is 0. The first-order valence-corrected chi connectivity index (χ1v) is 18.9. The van der Waals surface area contributed by atoms with Crippen molar-refractivity contribution in [1.29, 1.82) is 0 Å². The van der Waals surface area contributed by atoms with Gasteiger partial charge in [-0.15, -0.1) is 0 Å². The van der Waals surface area contributed by atoms with E-state index < -0.39 is 5.41 Å². The Bertz CT molecular complexity index is 2840. The first kappa shape index (κ1) is 32.0. The number of para-hydroxylation sites is 2. The molecule has 4 heteroatoms. The summed E-state index contributed by atoms with van der Waals surface area (Å²) in [5.74, 6) is 3.65. The van der Waals surface area contributed by atoms with Crippen LogP contribution in [0, 0.1) is 0 Å². The second-order valence-corrected chi connectivity index (χ2v) is 14.4. The third kappa shape index (κ3) is 5.04. The highest BCUT2D eigenvalue weighted by Crippen LogP contribution is 2.62. The van der Waals surface area contributed by atoms with Crippen molar-refractivity contribution < 1.29 is 4.74 Å². The van der Waals surface area contributed by atoms with E-state index >= 15 is 0 Å². The molecule has 0 N–H and O–H groups in total. The molecule has 2 heterocycles. The standard InChI is InChI=1S/C52H33N3O/c1-4-16-34(17-5-1)38-30-39(32-40(31-38)51-54-49(35-18-6-2-7-19-35)53-50(55-51)36-20-8-3-9-21-36)37-28-29-42-41-22-10-11-23-43(41)52(46(42)33-37)44-24-12-14-26-47(44)56-48-27-15-13-25-45(48)52/h1-33H. The molecule has 0 unspecified atom stereocenters. The summed E-state index contributed by atoms with van der Waals surface area (Å²) >= 11 is 0. The Kier molecular flexibility index (Phi) is 7.36. The zero-order valence-corrected chi connectivity index (χ0v) is 30.3. The minimum atomic E-state index is -0.559. The Hall–Kier alpha value is -7.43. The van der Waals surface area contributed by atoms with E-state index in [1.807, 2.05) is 60.7 Å². The molecule has 11 rings (SSSR count). The first-order valence-electron chi connectivity index (χ1n) is 18.9. The monoisotopic (exact) mass is 715 g/mol. The van der Waals surface area contributed by atoms with E-state index in [0.717, 1.165) is 61.6 Å². The average molecular weight is 716 g/mol. The van der Waals surface area contributed by atoms with Gasteiger partial charge in [-0.1, -0.05) is 164 Å². The van der Waals surface area contributed by atoms with Crippen LogP contribution in [0.5, 0.6) is 11.5 Å². The molecule has 1 spiro atoms. The lowest BCUT2D eigenvalue weighted by Gasteiger charge is -2.39. The molecule has 262 valence electrons. The van der Waals surface area contributed by atoms with Crippen LogP contribution in [0.4, 0.5) is 0 Å². The molecular formula is C52H33N3O. The van der Waals surface area contributed by atoms with Crippen LogP contribution in [0.3, 0.4) is 0 Å². The van der Waals surface area contributed by atoms with Crippen LogP contribution in [0.25, 0.3) is 67.5 Å². The van der Waals surface area contributed by atoms with Crippen LogP contribution in [-0.4, -0.2) is 15.0 Å². The molecule has 1 aliphatic carbocycles. The third-order valence-electron chi connectivity index (χ3n) is 11.2. The number of nitrogens with zero attached hydrogens (tertiary/aromatic N) is 3. The van der Waals surface area contributed by atoms with E-state index in [-0.39, 0.29) is 0 Å². The lowest BCUT2D eigenvalue weighted by atomic mass is 9.66. The van der Waals surface area contributed by atoms with E-state index in [1.54, 1.807) is 0 Å². The Labute approximate surface area is 325 Å². The van der Waals surface area contributed by atoms with Gasteiger partial charge in [-0.3, -0.25) is 0 Å². The molecular weight excluding hydrogens is 683 g/mol. The Morgan fingerprint density at radius 2 is 0.714 bits per heavy atom. The van der Waals surface area contributed by atoms with Gasteiger partial charge in [-0.05, 0) is 80.9 Å². The summed E-state index contributed by atoms with van der Waals surface area (Å²) in [4.78, 5) is 15.2. The summed E-state index contributed by atoms with van der Waals surface area (Å²) in [5, 5.41) is 0. The molecule has 0 saturated carbocycles. The van der Waals surface area contributed by atoms with Gasteiger partial charge in [-0.25, -0.2) is 15.0 Å². The molecule has 0 saturated heterocycles. The van der Waals surface area contributed by atoms with Crippen molar-refractivity contribution in [2.75, 3.05) is 0 Å². The van der Waals surface area contributed by atoms with Crippen LogP contribution >= 0.6 is 0 Å². The van der Waals surface area contributed by atoms with Crippen molar-refractivity contribution in [2.24, 2.45) is 0 Å². The lowest BCUT2D eigenvalue weighted by molar-refractivity contribution is 0.436. The van der Waals surface area contributed by atoms with Crippen LogP contribution in [-0.2, 0) is 5.41 Å². The molecule has 1 aliphatic heterocycles. The molecule has 56 heavy (non-hydrogen) atoms. The van der Waals surface area contributed by atoms with Gasteiger partial charge in [0, 0.05) is 27.8 Å². The second-order valence-electron chi connectivity index (χ2n) is 14.4. The van der Waals surface area contributed by atoms with Crippen molar-refractivity contribution in [2.45, 2.75) is 5.41 Å². The maximum absolute atomic E-state index is 6.60. The summed E-state index contributed by atoms with van der Waals surface area (Å²) in [6, 6.07) is 70.4. The number of ether oxygens (including phenoxy) is 1. The van der Waals surface area contributed by atoms with Crippen molar-refractivity contribution in [3.05, 3.63) is 222 Å². The highest BCUT2D eigenvalue weighted by Gasteiger charge is 2.51. The summed E-state index contributed by atoms with van der Waals surface area (Å²) in [6.45, 7) is 0. The number of rotatable bonds is 5.